The predicted molar refractivity (Wildman–Crippen MR) is 98.4 cm³/mol. The minimum atomic E-state index is -0.0819. The number of Topliss-reactive ketones (excluding diaryl/α,β-unsaturated/α-hetero) is 1. The molecule has 26 heavy (non-hydrogen) atoms. The summed E-state index contributed by atoms with van der Waals surface area (Å²) in [5.74, 6) is 1.45. The van der Waals surface area contributed by atoms with Crippen LogP contribution in [-0.4, -0.2) is 79.2 Å². The number of ether oxygens (including phenoxy) is 2. The molecule has 2 heterocycles. The first-order chi connectivity index (χ1) is 12.6. The Balaban J connectivity index is 1.85. The molecule has 140 valence electrons. The molecule has 3 rings (SSSR count). The average Bonchev–Trinajstić information content (AvgIpc) is 3.12. The second-order valence-corrected chi connectivity index (χ2v) is 6.25. The van der Waals surface area contributed by atoms with Gasteiger partial charge in [-0.15, -0.1) is 5.10 Å². The van der Waals surface area contributed by atoms with Gasteiger partial charge in [-0.05, 0) is 24.3 Å². The fourth-order valence-electron chi connectivity index (χ4n) is 3.09. The van der Waals surface area contributed by atoms with E-state index in [-0.39, 0.29) is 5.78 Å². The molecule has 1 saturated heterocycles. The van der Waals surface area contributed by atoms with Crippen LogP contribution < -0.4 is 9.64 Å². The number of ketones is 1. The van der Waals surface area contributed by atoms with Crippen molar-refractivity contribution in [3.05, 3.63) is 30.0 Å². The van der Waals surface area contributed by atoms with Crippen LogP contribution in [0.3, 0.4) is 0 Å². The summed E-state index contributed by atoms with van der Waals surface area (Å²) >= 11 is 0. The molecule has 0 aliphatic carbocycles. The number of piperazine rings is 1. The van der Waals surface area contributed by atoms with Crippen LogP contribution in [0.2, 0.25) is 0 Å². The van der Waals surface area contributed by atoms with Crippen LogP contribution in [0.5, 0.6) is 5.75 Å². The molecular formula is C18H25N5O3. The standard InChI is InChI=1S/C18H25N5O3/c1-14(24)17-18(22-10-8-21(9-11-22)12-13-25-2)23(20-19-17)15-4-6-16(26-3)7-5-15/h4-7H,8-13H2,1-3H3. The Labute approximate surface area is 153 Å². The van der Waals surface area contributed by atoms with E-state index in [2.05, 4.69) is 20.1 Å². The van der Waals surface area contributed by atoms with E-state index in [0.29, 0.717) is 5.69 Å². The summed E-state index contributed by atoms with van der Waals surface area (Å²) in [5, 5.41) is 8.37. The largest absolute Gasteiger partial charge is 0.497 e. The number of hydrogen-bond acceptors (Lipinski definition) is 7. The van der Waals surface area contributed by atoms with Gasteiger partial charge in [-0.1, -0.05) is 5.21 Å². The van der Waals surface area contributed by atoms with E-state index in [4.69, 9.17) is 9.47 Å². The molecule has 1 aromatic carbocycles. The molecule has 0 amide bonds. The summed E-state index contributed by atoms with van der Waals surface area (Å²) in [6.07, 6.45) is 0. The Morgan fingerprint density at radius 1 is 1.12 bits per heavy atom. The number of carbonyl (C=O) groups excluding carboxylic acids is 1. The Hall–Kier alpha value is -2.45. The molecule has 0 unspecified atom stereocenters. The van der Waals surface area contributed by atoms with Gasteiger partial charge in [0.15, 0.2) is 17.3 Å². The van der Waals surface area contributed by atoms with Gasteiger partial charge < -0.3 is 14.4 Å². The molecule has 1 aliphatic heterocycles. The van der Waals surface area contributed by atoms with Crippen LogP contribution >= 0.6 is 0 Å². The number of benzene rings is 1. The van der Waals surface area contributed by atoms with Crippen molar-refractivity contribution in [3.63, 3.8) is 0 Å². The van der Waals surface area contributed by atoms with E-state index in [9.17, 15) is 4.79 Å². The van der Waals surface area contributed by atoms with E-state index in [1.165, 1.54) is 6.92 Å². The highest BCUT2D eigenvalue weighted by atomic mass is 16.5. The molecule has 1 aliphatic rings. The lowest BCUT2D eigenvalue weighted by Gasteiger charge is -2.35. The molecule has 2 aromatic rings. The fourth-order valence-corrected chi connectivity index (χ4v) is 3.09. The lowest BCUT2D eigenvalue weighted by Crippen LogP contribution is -2.48. The van der Waals surface area contributed by atoms with Gasteiger partial charge >= 0.3 is 0 Å². The maximum atomic E-state index is 12.1. The van der Waals surface area contributed by atoms with Crippen molar-refractivity contribution in [2.45, 2.75) is 6.92 Å². The monoisotopic (exact) mass is 359 g/mol. The molecule has 1 fully saturated rings. The topological polar surface area (TPSA) is 72.7 Å². The van der Waals surface area contributed by atoms with Gasteiger partial charge in [-0.25, -0.2) is 0 Å². The molecule has 0 atom stereocenters. The fraction of sp³-hybridized carbons (Fsp3) is 0.500. The van der Waals surface area contributed by atoms with E-state index < -0.39 is 0 Å². The number of nitrogens with zero attached hydrogens (tertiary/aromatic N) is 5. The number of carbonyl (C=O) groups is 1. The summed E-state index contributed by atoms with van der Waals surface area (Å²) in [7, 11) is 3.35. The summed E-state index contributed by atoms with van der Waals surface area (Å²) in [5.41, 5.74) is 1.26. The summed E-state index contributed by atoms with van der Waals surface area (Å²) in [4.78, 5) is 16.6. The quantitative estimate of drug-likeness (QED) is 0.689. The Bertz CT molecular complexity index is 736. The van der Waals surface area contributed by atoms with Crippen molar-refractivity contribution >= 4 is 11.6 Å². The smallest absolute Gasteiger partial charge is 0.183 e. The summed E-state index contributed by atoms with van der Waals surface area (Å²) < 4.78 is 12.1. The number of hydrogen-bond donors (Lipinski definition) is 0. The van der Waals surface area contributed by atoms with E-state index in [1.54, 1.807) is 18.9 Å². The van der Waals surface area contributed by atoms with E-state index in [1.807, 2.05) is 24.3 Å². The molecular weight excluding hydrogens is 334 g/mol. The van der Waals surface area contributed by atoms with Gasteiger partial charge in [-0.3, -0.25) is 9.69 Å². The number of methoxy groups -OCH3 is 2. The minimum Gasteiger partial charge on any atom is -0.497 e. The molecule has 8 nitrogen and oxygen atoms in total. The highest BCUT2D eigenvalue weighted by Gasteiger charge is 2.26. The number of rotatable bonds is 7. The van der Waals surface area contributed by atoms with Gasteiger partial charge in [-0.2, -0.15) is 4.68 Å². The van der Waals surface area contributed by atoms with Crippen LogP contribution in [0.1, 0.15) is 17.4 Å². The second kappa shape index (κ2) is 8.29. The van der Waals surface area contributed by atoms with Gasteiger partial charge in [0, 0.05) is 46.8 Å². The first kappa shape index (κ1) is 18.3. The molecule has 8 heteroatoms. The van der Waals surface area contributed by atoms with Crippen molar-refractivity contribution in [2.75, 3.05) is 58.5 Å². The van der Waals surface area contributed by atoms with Crippen molar-refractivity contribution in [1.29, 1.82) is 0 Å². The normalized spacial score (nSPS) is 15.3. The van der Waals surface area contributed by atoms with E-state index >= 15 is 0 Å². The number of anilines is 1. The maximum Gasteiger partial charge on any atom is 0.183 e. The van der Waals surface area contributed by atoms with Gasteiger partial charge in [0.05, 0.1) is 19.4 Å². The third kappa shape index (κ3) is 3.86. The predicted octanol–water partition coefficient (Wildman–Crippen LogP) is 1.25. The molecule has 0 radical (unpaired) electrons. The van der Waals surface area contributed by atoms with Gasteiger partial charge in [0.2, 0.25) is 0 Å². The average molecular weight is 359 g/mol. The van der Waals surface area contributed by atoms with Crippen molar-refractivity contribution in [2.24, 2.45) is 0 Å². The van der Waals surface area contributed by atoms with Crippen molar-refractivity contribution in [3.8, 4) is 11.4 Å². The van der Waals surface area contributed by atoms with Crippen LogP contribution in [0.4, 0.5) is 5.82 Å². The van der Waals surface area contributed by atoms with Crippen LogP contribution in [0.25, 0.3) is 5.69 Å². The van der Waals surface area contributed by atoms with Crippen molar-refractivity contribution < 1.29 is 14.3 Å². The Morgan fingerprint density at radius 2 is 1.81 bits per heavy atom. The molecule has 0 saturated carbocycles. The zero-order valence-corrected chi connectivity index (χ0v) is 15.5. The van der Waals surface area contributed by atoms with Crippen LogP contribution in [0.15, 0.2) is 24.3 Å². The minimum absolute atomic E-state index is 0.0819. The van der Waals surface area contributed by atoms with Crippen LogP contribution in [0, 0.1) is 0 Å². The number of aromatic nitrogens is 3. The third-order valence-electron chi connectivity index (χ3n) is 4.58. The zero-order chi connectivity index (χ0) is 18.5. The second-order valence-electron chi connectivity index (χ2n) is 6.25. The van der Waals surface area contributed by atoms with Gasteiger partial charge in [0.25, 0.3) is 0 Å². The Morgan fingerprint density at radius 3 is 2.38 bits per heavy atom. The molecule has 1 aromatic heterocycles. The van der Waals surface area contributed by atoms with E-state index in [0.717, 1.165) is 56.6 Å². The highest BCUT2D eigenvalue weighted by Crippen LogP contribution is 2.25. The molecule has 0 N–H and O–H groups in total. The summed E-state index contributed by atoms with van der Waals surface area (Å²) in [6.45, 7) is 6.62. The third-order valence-corrected chi connectivity index (χ3v) is 4.58. The highest BCUT2D eigenvalue weighted by molar-refractivity contribution is 5.97. The first-order valence-electron chi connectivity index (χ1n) is 8.71. The van der Waals surface area contributed by atoms with Crippen LogP contribution in [-0.2, 0) is 4.74 Å². The van der Waals surface area contributed by atoms with Gasteiger partial charge in [0.1, 0.15) is 5.75 Å². The zero-order valence-electron chi connectivity index (χ0n) is 15.5. The Kier molecular flexibility index (Phi) is 5.85. The van der Waals surface area contributed by atoms with Crippen molar-refractivity contribution in [1.82, 2.24) is 19.9 Å². The first-order valence-corrected chi connectivity index (χ1v) is 8.71. The lowest BCUT2D eigenvalue weighted by atomic mass is 10.2. The maximum absolute atomic E-state index is 12.1. The molecule has 0 bridgehead atoms. The summed E-state index contributed by atoms with van der Waals surface area (Å²) in [6, 6.07) is 7.57. The molecule has 0 spiro atoms. The lowest BCUT2D eigenvalue weighted by molar-refractivity contribution is 0.101. The SMILES string of the molecule is COCCN1CCN(c2c(C(C)=O)nnn2-c2ccc(OC)cc2)CC1.